The highest BCUT2D eigenvalue weighted by Gasteiger charge is 2.16. The Labute approximate surface area is 160 Å². The number of nitrogens with one attached hydrogen (secondary N) is 2. The average molecular weight is 380 g/mol. The fraction of sp³-hybridized carbons (Fsp3) is 0.100. The van der Waals surface area contributed by atoms with Gasteiger partial charge in [-0.15, -0.1) is 0 Å². The van der Waals surface area contributed by atoms with Crippen LogP contribution in [0.25, 0.3) is 10.8 Å². The van der Waals surface area contributed by atoms with Crippen LogP contribution in [0.2, 0.25) is 0 Å². The maximum atomic E-state index is 12.5. The number of aromatic hydroxyl groups is 1. The molecule has 6 nitrogen and oxygen atoms in total. The van der Waals surface area contributed by atoms with Crippen LogP contribution in [0.1, 0.15) is 10.4 Å². The molecule has 0 saturated carbocycles. The minimum atomic E-state index is -0.354. The van der Waals surface area contributed by atoms with Crippen LogP contribution in [-0.2, 0) is 0 Å². The molecule has 3 aromatic rings. The second kappa shape index (κ2) is 7.13. The lowest BCUT2D eigenvalue weighted by atomic mass is 10.1. The van der Waals surface area contributed by atoms with E-state index in [0.717, 1.165) is 5.39 Å². The van der Waals surface area contributed by atoms with Gasteiger partial charge >= 0.3 is 0 Å². The summed E-state index contributed by atoms with van der Waals surface area (Å²) in [6.07, 6.45) is 0. The second-order valence-electron chi connectivity index (χ2n) is 5.94. The molecule has 1 aliphatic heterocycles. The highest BCUT2D eigenvalue weighted by molar-refractivity contribution is 7.80. The number of fused-ring (bicyclic) bond motifs is 2. The number of benzene rings is 3. The maximum Gasteiger partial charge on any atom is 0.257 e. The van der Waals surface area contributed by atoms with E-state index in [4.69, 9.17) is 21.7 Å². The molecule has 1 aliphatic rings. The lowest BCUT2D eigenvalue weighted by Gasteiger charge is -2.18. The van der Waals surface area contributed by atoms with Crippen molar-refractivity contribution in [3.63, 3.8) is 0 Å². The number of thiocarbonyl (C=S) groups is 1. The number of phenolic OH excluding ortho intramolecular Hbond substituents is 1. The number of amides is 1. The Morgan fingerprint density at radius 2 is 1.70 bits per heavy atom. The van der Waals surface area contributed by atoms with Gasteiger partial charge in [-0.05, 0) is 42.5 Å². The van der Waals surface area contributed by atoms with E-state index in [9.17, 15) is 9.90 Å². The first-order valence-corrected chi connectivity index (χ1v) is 8.75. The van der Waals surface area contributed by atoms with Crippen molar-refractivity contribution in [2.24, 2.45) is 0 Å². The van der Waals surface area contributed by atoms with Crippen LogP contribution >= 0.6 is 12.2 Å². The first-order valence-electron chi connectivity index (χ1n) is 8.34. The van der Waals surface area contributed by atoms with Crippen LogP contribution in [0.3, 0.4) is 0 Å². The SMILES string of the molecule is O=C(NC(=S)Nc1cccc2c(O)cccc12)c1ccc2c(c1)OCCO2. The molecule has 0 aromatic heterocycles. The second-order valence-corrected chi connectivity index (χ2v) is 6.35. The quantitative estimate of drug-likeness (QED) is 0.591. The van der Waals surface area contributed by atoms with Crippen molar-refractivity contribution in [1.29, 1.82) is 0 Å². The zero-order chi connectivity index (χ0) is 18.8. The first kappa shape index (κ1) is 17.1. The number of phenols is 1. The van der Waals surface area contributed by atoms with Crippen molar-refractivity contribution in [3.8, 4) is 17.2 Å². The van der Waals surface area contributed by atoms with Gasteiger partial charge in [-0.3, -0.25) is 10.1 Å². The van der Waals surface area contributed by atoms with Crippen LogP contribution in [0.5, 0.6) is 17.2 Å². The predicted octanol–water partition coefficient (Wildman–Crippen LogP) is 3.44. The van der Waals surface area contributed by atoms with Crippen LogP contribution in [0, 0.1) is 0 Å². The Hall–Kier alpha value is -3.32. The van der Waals surface area contributed by atoms with E-state index in [1.807, 2.05) is 18.2 Å². The van der Waals surface area contributed by atoms with E-state index in [2.05, 4.69) is 10.6 Å². The number of rotatable bonds is 2. The van der Waals surface area contributed by atoms with E-state index in [1.165, 1.54) is 0 Å². The van der Waals surface area contributed by atoms with Crippen molar-refractivity contribution in [3.05, 3.63) is 60.2 Å². The summed E-state index contributed by atoms with van der Waals surface area (Å²) in [5.74, 6) is 0.987. The molecule has 0 radical (unpaired) electrons. The van der Waals surface area contributed by atoms with E-state index >= 15 is 0 Å². The monoisotopic (exact) mass is 380 g/mol. The zero-order valence-electron chi connectivity index (χ0n) is 14.2. The van der Waals surface area contributed by atoms with Gasteiger partial charge in [-0.2, -0.15) is 0 Å². The standard InChI is InChI=1S/C20H16N2O4S/c23-16-6-2-3-13-14(16)4-1-5-15(13)21-20(27)22-19(24)12-7-8-17-18(11-12)26-10-9-25-17/h1-8,11,23H,9-10H2,(H2,21,22,24,27). The largest absolute Gasteiger partial charge is 0.507 e. The molecule has 0 unspecified atom stereocenters. The summed E-state index contributed by atoms with van der Waals surface area (Å²) in [5.41, 5.74) is 1.11. The summed E-state index contributed by atoms with van der Waals surface area (Å²) in [5, 5.41) is 17.3. The highest BCUT2D eigenvalue weighted by atomic mass is 32.1. The summed E-state index contributed by atoms with van der Waals surface area (Å²) in [6, 6.07) is 15.7. The average Bonchev–Trinajstić information content (AvgIpc) is 2.68. The molecule has 3 N–H and O–H groups in total. The molecule has 4 rings (SSSR count). The summed E-state index contributed by atoms with van der Waals surface area (Å²) in [6.45, 7) is 0.944. The van der Waals surface area contributed by atoms with Gasteiger partial charge < -0.3 is 19.9 Å². The number of hydrogen-bond donors (Lipinski definition) is 3. The predicted molar refractivity (Wildman–Crippen MR) is 107 cm³/mol. The van der Waals surface area contributed by atoms with E-state index in [-0.39, 0.29) is 16.8 Å². The maximum absolute atomic E-state index is 12.5. The summed E-state index contributed by atoms with van der Waals surface area (Å²) < 4.78 is 11.0. The van der Waals surface area contributed by atoms with Gasteiger partial charge in [0.25, 0.3) is 5.91 Å². The molecule has 3 aromatic carbocycles. The smallest absolute Gasteiger partial charge is 0.257 e. The zero-order valence-corrected chi connectivity index (χ0v) is 15.0. The molecule has 0 aliphatic carbocycles. The third kappa shape index (κ3) is 3.50. The van der Waals surface area contributed by atoms with Crippen molar-refractivity contribution in [1.82, 2.24) is 5.32 Å². The van der Waals surface area contributed by atoms with Gasteiger partial charge in [0, 0.05) is 22.0 Å². The first-order chi connectivity index (χ1) is 13.1. The van der Waals surface area contributed by atoms with Crippen LogP contribution in [0.15, 0.2) is 54.6 Å². The van der Waals surface area contributed by atoms with Gasteiger partial charge in [0.05, 0.1) is 0 Å². The van der Waals surface area contributed by atoms with Gasteiger partial charge in [0.1, 0.15) is 19.0 Å². The van der Waals surface area contributed by atoms with Crippen molar-refractivity contribution < 1.29 is 19.4 Å². The molecule has 0 bridgehead atoms. The molecular weight excluding hydrogens is 364 g/mol. The molecule has 0 fully saturated rings. The number of carbonyl (C=O) groups excluding carboxylic acids is 1. The van der Waals surface area contributed by atoms with Crippen molar-refractivity contribution >= 4 is 39.7 Å². The van der Waals surface area contributed by atoms with Crippen molar-refractivity contribution in [2.75, 3.05) is 18.5 Å². The molecule has 0 atom stereocenters. The Bertz CT molecular complexity index is 1050. The van der Waals surface area contributed by atoms with Crippen molar-refractivity contribution in [2.45, 2.75) is 0 Å². The summed E-state index contributed by atoms with van der Waals surface area (Å²) in [4.78, 5) is 12.5. The molecule has 27 heavy (non-hydrogen) atoms. The lowest BCUT2D eigenvalue weighted by molar-refractivity contribution is 0.0976. The molecule has 1 amide bonds. The molecule has 7 heteroatoms. The minimum absolute atomic E-state index is 0.158. The third-order valence-electron chi connectivity index (χ3n) is 4.18. The Kier molecular flexibility index (Phi) is 4.52. The number of hydrogen-bond acceptors (Lipinski definition) is 5. The lowest BCUT2D eigenvalue weighted by Crippen LogP contribution is -2.34. The Balaban J connectivity index is 1.50. The van der Waals surface area contributed by atoms with E-state index in [0.29, 0.717) is 41.3 Å². The number of carbonyl (C=O) groups is 1. The van der Waals surface area contributed by atoms with Gasteiger partial charge in [-0.1, -0.05) is 24.3 Å². The topological polar surface area (TPSA) is 79.8 Å². The normalized spacial score (nSPS) is 12.4. The molecule has 0 saturated heterocycles. The van der Waals surface area contributed by atoms with Gasteiger partial charge in [0.15, 0.2) is 16.6 Å². The summed E-state index contributed by atoms with van der Waals surface area (Å²) in [7, 11) is 0. The van der Waals surface area contributed by atoms with Crippen LogP contribution in [-0.4, -0.2) is 29.3 Å². The molecule has 1 heterocycles. The van der Waals surface area contributed by atoms with E-state index in [1.54, 1.807) is 36.4 Å². The molecule has 0 spiro atoms. The van der Waals surface area contributed by atoms with Crippen LogP contribution in [0.4, 0.5) is 5.69 Å². The Morgan fingerprint density at radius 1 is 0.963 bits per heavy atom. The highest BCUT2D eigenvalue weighted by Crippen LogP contribution is 2.31. The Morgan fingerprint density at radius 3 is 2.56 bits per heavy atom. The number of ether oxygens (including phenoxy) is 2. The van der Waals surface area contributed by atoms with Gasteiger partial charge in [0.2, 0.25) is 0 Å². The fourth-order valence-electron chi connectivity index (χ4n) is 2.92. The molecular formula is C20H16N2O4S. The summed E-state index contributed by atoms with van der Waals surface area (Å²) >= 11 is 5.27. The van der Waals surface area contributed by atoms with Crippen LogP contribution < -0.4 is 20.1 Å². The third-order valence-corrected chi connectivity index (χ3v) is 4.38. The van der Waals surface area contributed by atoms with E-state index < -0.39 is 0 Å². The van der Waals surface area contributed by atoms with Gasteiger partial charge in [-0.25, -0.2) is 0 Å². The fourth-order valence-corrected chi connectivity index (χ4v) is 3.12. The minimum Gasteiger partial charge on any atom is -0.507 e. The molecule has 136 valence electrons. The number of anilines is 1.